The molecule has 0 aliphatic heterocycles. The SMILES string of the molecule is C=[C-]COc1cc(CN(CC)CC2(CC)CCC2)c(F)c2c1C(O)=C1C(=O)C3(O)C(O)=C(C(N)=O)C(=O)C(N(C)C)C3CC1C2. The summed E-state index contributed by atoms with van der Waals surface area (Å²) in [6.07, 6.45) is 7.07. The van der Waals surface area contributed by atoms with Crippen LogP contribution in [0.3, 0.4) is 0 Å². The Labute approximate surface area is 263 Å². The van der Waals surface area contributed by atoms with Gasteiger partial charge in [0.25, 0.3) is 5.91 Å². The molecule has 5 rings (SSSR count). The molecule has 4 atom stereocenters. The average molecular weight is 625 g/mol. The lowest BCUT2D eigenvalue weighted by Crippen LogP contribution is -2.65. The molecule has 0 saturated heterocycles. The Kier molecular flexibility index (Phi) is 8.76. The molecule has 0 bridgehead atoms. The maximum atomic E-state index is 16.5. The number of ether oxygens (including phenoxy) is 1. The molecule has 2 fully saturated rings. The van der Waals surface area contributed by atoms with E-state index in [1.54, 1.807) is 14.1 Å². The number of ketones is 2. The summed E-state index contributed by atoms with van der Waals surface area (Å²) >= 11 is 0. The highest BCUT2D eigenvalue weighted by Crippen LogP contribution is 2.53. The Morgan fingerprint density at radius 2 is 1.93 bits per heavy atom. The third-order valence-electron chi connectivity index (χ3n) is 10.6. The van der Waals surface area contributed by atoms with Crippen molar-refractivity contribution in [1.29, 1.82) is 0 Å². The second kappa shape index (κ2) is 12.0. The molecule has 0 aromatic heterocycles. The zero-order chi connectivity index (χ0) is 33.0. The van der Waals surface area contributed by atoms with Gasteiger partial charge in [0.1, 0.15) is 28.7 Å². The van der Waals surface area contributed by atoms with Gasteiger partial charge in [-0.05, 0) is 76.8 Å². The molecule has 2 saturated carbocycles. The van der Waals surface area contributed by atoms with Gasteiger partial charge in [-0.15, -0.1) is 0 Å². The highest BCUT2D eigenvalue weighted by molar-refractivity contribution is 6.24. The van der Waals surface area contributed by atoms with Crippen LogP contribution in [0.1, 0.15) is 62.6 Å². The quantitative estimate of drug-likeness (QED) is 0.215. The molecule has 0 spiro atoms. The number of aliphatic hydroxyl groups is 3. The van der Waals surface area contributed by atoms with Gasteiger partial charge in [0.15, 0.2) is 11.4 Å². The number of hydrogen-bond acceptors (Lipinski definition) is 9. The Balaban J connectivity index is 1.63. The summed E-state index contributed by atoms with van der Waals surface area (Å²) in [6, 6.07) is 0.343. The lowest BCUT2D eigenvalue weighted by molar-refractivity contribution is -0.153. The van der Waals surface area contributed by atoms with E-state index in [0.29, 0.717) is 18.7 Å². The molecule has 0 heterocycles. The van der Waals surface area contributed by atoms with E-state index in [2.05, 4.69) is 24.5 Å². The van der Waals surface area contributed by atoms with Crippen LogP contribution in [0.2, 0.25) is 0 Å². The van der Waals surface area contributed by atoms with Crippen molar-refractivity contribution in [3.63, 3.8) is 0 Å². The van der Waals surface area contributed by atoms with Crippen LogP contribution in [0.5, 0.6) is 5.75 Å². The number of benzene rings is 1. The van der Waals surface area contributed by atoms with Crippen molar-refractivity contribution in [3.8, 4) is 5.75 Å². The summed E-state index contributed by atoms with van der Waals surface area (Å²) in [4.78, 5) is 43.3. The molecule has 1 aromatic rings. The first-order valence-electron chi connectivity index (χ1n) is 15.6. The lowest BCUT2D eigenvalue weighted by Gasteiger charge is -2.50. The number of carbonyl (C=O) groups is 3. The number of fused-ring (bicyclic) bond motifs is 3. The van der Waals surface area contributed by atoms with E-state index in [-0.39, 0.29) is 47.3 Å². The van der Waals surface area contributed by atoms with Crippen LogP contribution in [0.4, 0.5) is 4.39 Å². The van der Waals surface area contributed by atoms with Crippen LogP contribution < -0.4 is 10.5 Å². The van der Waals surface area contributed by atoms with Gasteiger partial charge >= 0.3 is 0 Å². The minimum absolute atomic E-state index is 0.0186. The third kappa shape index (κ3) is 5.09. The summed E-state index contributed by atoms with van der Waals surface area (Å²) in [5, 5.41) is 34.5. The van der Waals surface area contributed by atoms with E-state index in [1.165, 1.54) is 17.4 Å². The Morgan fingerprint density at radius 3 is 2.47 bits per heavy atom. The summed E-state index contributed by atoms with van der Waals surface area (Å²) in [7, 11) is 3.09. The van der Waals surface area contributed by atoms with Crippen LogP contribution in [0.25, 0.3) is 5.76 Å². The average Bonchev–Trinajstić information content (AvgIpc) is 2.96. The largest absolute Gasteiger partial charge is 0.523 e. The van der Waals surface area contributed by atoms with Crippen LogP contribution in [0.15, 0.2) is 29.6 Å². The molecule has 244 valence electrons. The number of aliphatic hydroxyl groups excluding tert-OH is 2. The number of halogens is 1. The van der Waals surface area contributed by atoms with E-state index in [0.717, 1.165) is 25.8 Å². The predicted octanol–water partition coefficient (Wildman–Crippen LogP) is 3.17. The summed E-state index contributed by atoms with van der Waals surface area (Å²) < 4.78 is 22.4. The molecule has 10 nitrogen and oxygen atoms in total. The number of likely N-dealkylation sites (N-methyl/N-ethyl adjacent to an activating group) is 1. The fourth-order valence-corrected chi connectivity index (χ4v) is 7.98. The van der Waals surface area contributed by atoms with Gasteiger partial charge in [0.2, 0.25) is 5.78 Å². The standard InChI is InChI=1S/C34H43FN3O7/c1-6-12-45-22-15-19(16-38(8-3)17-33(7-2)10-9-11-33)26(35)20-13-18-14-21-27(37(4)5)29(40)25(32(36)43)31(42)34(21,44)30(41)23(18)28(39)24(20)22/h15,18,21,27,39,42,44H,1,7-14,16-17H2,2-5H3,(H2,36,43)/q-1. The first-order chi connectivity index (χ1) is 21.3. The van der Waals surface area contributed by atoms with E-state index in [9.17, 15) is 29.7 Å². The van der Waals surface area contributed by atoms with Gasteiger partial charge in [-0.3, -0.25) is 30.8 Å². The van der Waals surface area contributed by atoms with Crippen molar-refractivity contribution >= 4 is 23.2 Å². The molecule has 4 aliphatic rings. The van der Waals surface area contributed by atoms with Crippen molar-refractivity contribution in [1.82, 2.24) is 9.80 Å². The molecule has 4 unspecified atom stereocenters. The number of primary amides is 1. The molecule has 4 aliphatic carbocycles. The second-order valence-electron chi connectivity index (χ2n) is 13.2. The monoisotopic (exact) mass is 624 g/mol. The number of nitrogens with two attached hydrogens (primary N) is 1. The number of amides is 1. The first-order valence-corrected chi connectivity index (χ1v) is 15.6. The number of rotatable bonds is 11. The second-order valence-corrected chi connectivity index (χ2v) is 13.2. The van der Waals surface area contributed by atoms with Crippen LogP contribution in [-0.2, 0) is 27.3 Å². The zero-order valence-electron chi connectivity index (χ0n) is 26.4. The fraction of sp³-hybridized carbons (Fsp3) is 0.559. The lowest BCUT2D eigenvalue weighted by atomic mass is 9.57. The number of Topliss-reactive ketones (excluding diaryl/α,β-unsaturated/α-hetero) is 2. The molecule has 5 N–H and O–H groups in total. The van der Waals surface area contributed by atoms with Crippen molar-refractivity contribution in [2.75, 3.05) is 33.8 Å². The van der Waals surface area contributed by atoms with Crippen molar-refractivity contribution in [3.05, 3.63) is 58.1 Å². The molecule has 0 radical (unpaired) electrons. The summed E-state index contributed by atoms with van der Waals surface area (Å²) in [5.41, 5.74) is 2.37. The van der Waals surface area contributed by atoms with Gasteiger partial charge in [0, 0.05) is 35.7 Å². The van der Waals surface area contributed by atoms with E-state index < -0.39 is 63.9 Å². The number of hydrogen-bond donors (Lipinski definition) is 4. The maximum absolute atomic E-state index is 16.5. The van der Waals surface area contributed by atoms with Gasteiger partial charge in [-0.1, -0.05) is 20.3 Å². The molecule has 11 heteroatoms. The normalized spacial score (nSPS) is 27.2. The van der Waals surface area contributed by atoms with E-state index in [1.807, 2.05) is 6.92 Å². The van der Waals surface area contributed by atoms with Gasteiger partial charge < -0.3 is 31.9 Å². The molecular weight excluding hydrogens is 581 g/mol. The van der Waals surface area contributed by atoms with Crippen LogP contribution in [0, 0.1) is 29.1 Å². The van der Waals surface area contributed by atoms with E-state index >= 15 is 4.39 Å². The minimum atomic E-state index is -2.71. The van der Waals surface area contributed by atoms with Gasteiger partial charge in [-0.2, -0.15) is 0 Å². The predicted molar refractivity (Wildman–Crippen MR) is 164 cm³/mol. The highest BCUT2D eigenvalue weighted by atomic mass is 19.1. The number of nitrogens with zero attached hydrogens (tertiary/aromatic N) is 2. The highest BCUT2D eigenvalue weighted by Gasteiger charge is 2.64. The Morgan fingerprint density at radius 1 is 1.24 bits per heavy atom. The molecule has 1 aromatic carbocycles. The third-order valence-corrected chi connectivity index (χ3v) is 10.6. The van der Waals surface area contributed by atoms with Gasteiger partial charge in [-0.25, -0.2) is 4.39 Å². The molecular formula is C34H43FN3O7-. The Bertz CT molecular complexity index is 1510. The van der Waals surface area contributed by atoms with Crippen molar-refractivity contribution in [2.45, 2.75) is 70.6 Å². The summed E-state index contributed by atoms with van der Waals surface area (Å²) in [6.45, 7) is 9.60. The van der Waals surface area contributed by atoms with Crippen molar-refractivity contribution in [2.24, 2.45) is 23.0 Å². The molecule has 45 heavy (non-hydrogen) atoms. The summed E-state index contributed by atoms with van der Waals surface area (Å²) in [5.74, 6) is -7.26. The maximum Gasteiger partial charge on any atom is 0.255 e. The first kappa shape index (κ1) is 32.8. The van der Waals surface area contributed by atoms with Crippen LogP contribution >= 0.6 is 0 Å². The molecule has 1 amide bonds. The fourth-order valence-electron chi connectivity index (χ4n) is 7.98. The number of carbonyl (C=O) groups excluding carboxylic acids is 3. The zero-order valence-corrected chi connectivity index (χ0v) is 26.4. The van der Waals surface area contributed by atoms with Crippen molar-refractivity contribution < 1.29 is 38.8 Å². The van der Waals surface area contributed by atoms with Gasteiger partial charge in [0.05, 0.1) is 11.6 Å². The smallest absolute Gasteiger partial charge is 0.255 e. The minimum Gasteiger partial charge on any atom is -0.523 e. The topological polar surface area (TPSA) is 154 Å². The Hall–Kier alpha value is -3.54. The van der Waals surface area contributed by atoms with E-state index in [4.69, 9.17) is 10.5 Å². The van der Waals surface area contributed by atoms with Crippen LogP contribution in [-0.4, -0.2) is 88.0 Å².